The molecule has 0 fully saturated rings. The molecule has 0 aliphatic carbocycles. The van der Waals surface area contributed by atoms with Gasteiger partial charge in [-0.1, -0.05) is 13.8 Å². The number of carbonyl (C=O) groups excluding carboxylic acids is 1. The van der Waals surface area contributed by atoms with Crippen molar-refractivity contribution in [2.45, 2.75) is 39.2 Å². The zero-order chi connectivity index (χ0) is 11.6. The van der Waals surface area contributed by atoms with Crippen LogP contribution in [0.1, 0.15) is 33.1 Å². The van der Waals surface area contributed by atoms with Gasteiger partial charge in [0.05, 0.1) is 6.04 Å². The Bertz CT molecular complexity index is 171. The molecule has 0 aliphatic heterocycles. The van der Waals surface area contributed by atoms with E-state index in [4.69, 9.17) is 10.8 Å². The van der Waals surface area contributed by atoms with E-state index in [0.29, 0.717) is 12.8 Å². The molecule has 0 aromatic carbocycles. The van der Waals surface area contributed by atoms with Crippen LogP contribution < -0.4 is 11.1 Å². The van der Waals surface area contributed by atoms with Gasteiger partial charge in [-0.3, -0.25) is 9.59 Å². The average molecular weight is 204 g/mol. The Kier molecular flexibility index (Phi) is 11.0. The monoisotopic (exact) mass is 204 g/mol. The third-order valence-corrected chi connectivity index (χ3v) is 1.58. The maximum absolute atomic E-state index is 10.6. The number of likely N-dealkylation sites (N-methyl/N-ethyl adjacent to an activating group) is 1. The van der Waals surface area contributed by atoms with E-state index in [2.05, 4.69) is 5.32 Å². The fourth-order valence-corrected chi connectivity index (χ4v) is 0.886. The van der Waals surface area contributed by atoms with Crippen LogP contribution in [0, 0.1) is 0 Å². The number of aliphatic carboxylic acids is 1. The minimum absolute atomic E-state index is 0.0749. The van der Waals surface area contributed by atoms with E-state index < -0.39 is 17.9 Å². The highest BCUT2D eigenvalue weighted by Crippen LogP contribution is 1.99. The van der Waals surface area contributed by atoms with Crippen molar-refractivity contribution >= 4 is 11.9 Å². The topological polar surface area (TPSA) is 92.4 Å². The molecule has 0 heterocycles. The number of carboxylic acid groups (broad SMARTS) is 1. The highest BCUT2D eigenvalue weighted by atomic mass is 16.4. The number of carboxylic acids is 1. The molecule has 5 nitrogen and oxygen atoms in total. The van der Waals surface area contributed by atoms with Crippen molar-refractivity contribution in [3.63, 3.8) is 0 Å². The summed E-state index contributed by atoms with van der Waals surface area (Å²) >= 11 is 0. The summed E-state index contributed by atoms with van der Waals surface area (Å²) < 4.78 is 0. The van der Waals surface area contributed by atoms with Crippen molar-refractivity contribution in [3.8, 4) is 0 Å². The molecule has 0 rings (SSSR count). The Morgan fingerprint density at radius 2 is 1.93 bits per heavy atom. The second kappa shape index (κ2) is 9.98. The first kappa shape index (κ1) is 15.4. The van der Waals surface area contributed by atoms with Crippen LogP contribution in [0.3, 0.4) is 0 Å². The number of nitrogens with two attached hydrogens (primary N) is 1. The van der Waals surface area contributed by atoms with E-state index in [0.717, 1.165) is 0 Å². The molecule has 1 atom stereocenters. The lowest BCUT2D eigenvalue weighted by molar-refractivity contribution is -0.137. The molecule has 0 aliphatic rings. The van der Waals surface area contributed by atoms with Crippen molar-refractivity contribution in [3.05, 3.63) is 0 Å². The smallest absolute Gasteiger partial charge is 0.303 e. The summed E-state index contributed by atoms with van der Waals surface area (Å²) in [6, 6.07) is -0.413. The van der Waals surface area contributed by atoms with Crippen LogP contribution >= 0.6 is 0 Å². The standard InChI is InChI=1S/C7H14N2O3.C2H6/c1-9-5(7(8)12)3-2-4-6(10)11;1-2/h5,9H,2-4H2,1H3,(H2,8,12)(H,10,11);1-2H3/t5-;/m0./s1. The van der Waals surface area contributed by atoms with Gasteiger partial charge in [0, 0.05) is 6.42 Å². The fourth-order valence-electron chi connectivity index (χ4n) is 0.886. The van der Waals surface area contributed by atoms with E-state index in [1.54, 1.807) is 7.05 Å². The van der Waals surface area contributed by atoms with Gasteiger partial charge in [-0.15, -0.1) is 0 Å². The zero-order valence-corrected chi connectivity index (χ0v) is 9.04. The number of primary amides is 1. The van der Waals surface area contributed by atoms with Gasteiger partial charge in [0.15, 0.2) is 0 Å². The van der Waals surface area contributed by atoms with Gasteiger partial charge in [0.25, 0.3) is 0 Å². The van der Waals surface area contributed by atoms with Crippen molar-refractivity contribution in [1.29, 1.82) is 0 Å². The lowest BCUT2D eigenvalue weighted by atomic mass is 10.1. The quantitative estimate of drug-likeness (QED) is 0.581. The number of hydrogen-bond acceptors (Lipinski definition) is 3. The van der Waals surface area contributed by atoms with Crippen molar-refractivity contribution < 1.29 is 14.7 Å². The van der Waals surface area contributed by atoms with Crippen molar-refractivity contribution in [2.24, 2.45) is 5.73 Å². The molecule has 5 heteroatoms. The van der Waals surface area contributed by atoms with Gasteiger partial charge in [-0.05, 0) is 19.9 Å². The zero-order valence-electron chi connectivity index (χ0n) is 9.04. The number of nitrogens with one attached hydrogen (secondary N) is 1. The van der Waals surface area contributed by atoms with E-state index >= 15 is 0 Å². The summed E-state index contributed by atoms with van der Waals surface area (Å²) in [5.41, 5.74) is 5.02. The fraction of sp³-hybridized carbons (Fsp3) is 0.778. The molecule has 1 amide bonds. The maximum Gasteiger partial charge on any atom is 0.303 e. The summed E-state index contributed by atoms with van der Waals surface area (Å²) in [7, 11) is 1.62. The number of amides is 1. The lowest BCUT2D eigenvalue weighted by Gasteiger charge is -2.10. The van der Waals surface area contributed by atoms with Crippen LogP contribution in [0.4, 0.5) is 0 Å². The number of rotatable bonds is 6. The van der Waals surface area contributed by atoms with Gasteiger partial charge in [-0.25, -0.2) is 0 Å². The van der Waals surface area contributed by atoms with E-state index in [9.17, 15) is 9.59 Å². The van der Waals surface area contributed by atoms with Crippen LogP contribution in [0.25, 0.3) is 0 Å². The Hall–Kier alpha value is -1.10. The van der Waals surface area contributed by atoms with E-state index in [1.807, 2.05) is 13.8 Å². The summed E-state index contributed by atoms with van der Waals surface area (Å²) in [5, 5.41) is 11.0. The molecule has 0 bridgehead atoms. The molecule has 0 radical (unpaired) electrons. The maximum atomic E-state index is 10.6. The van der Waals surface area contributed by atoms with Crippen LogP contribution in [0.2, 0.25) is 0 Å². The SMILES string of the molecule is CC.CN[C@@H](CCCC(=O)O)C(N)=O. The highest BCUT2D eigenvalue weighted by molar-refractivity contribution is 5.79. The summed E-state index contributed by atoms with van der Waals surface area (Å²) in [5.74, 6) is -1.29. The molecule has 0 unspecified atom stereocenters. The third-order valence-electron chi connectivity index (χ3n) is 1.58. The second-order valence-corrected chi connectivity index (χ2v) is 2.53. The van der Waals surface area contributed by atoms with Crippen LogP contribution in [0.15, 0.2) is 0 Å². The average Bonchev–Trinajstić information content (AvgIpc) is 2.14. The van der Waals surface area contributed by atoms with E-state index in [1.165, 1.54) is 0 Å². The first-order valence-electron chi connectivity index (χ1n) is 4.76. The molecule has 0 aromatic rings. The van der Waals surface area contributed by atoms with Crippen molar-refractivity contribution in [1.82, 2.24) is 5.32 Å². The predicted octanol–water partition coefficient (Wildman–Crippen LogP) is 0.341. The molecule has 0 saturated carbocycles. The molecule has 4 N–H and O–H groups in total. The Labute approximate surface area is 84.7 Å². The van der Waals surface area contributed by atoms with Crippen LogP contribution in [0.5, 0.6) is 0 Å². The first-order valence-corrected chi connectivity index (χ1v) is 4.76. The molecule has 0 spiro atoms. The van der Waals surface area contributed by atoms with Gasteiger partial charge in [0.2, 0.25) is 5.91 Å². The van der Waals surface area contributed by atoms with Crippen LogP contribution in [-0.4, -0.2) is 30.1 Å². The van der Waals surface area contributed by atoms with Gasteiger partial charge in [0.1, 0.15) is 0 Å². The van der Waals surface area contributed by atoms with Gasteiger partial charge in [-0.2, -0.15) is 0 Å². The summed E-state index contributed by atoms with van der Waals surface area (Å²) in [6.45, 7) is 4.00. The first-order chi connectivity index (χ1) is 6.57. The molecule has 0 aromatic heterocycles. The highest BCUT2D eigenvalue weighted by Gasteiger charge is 2.12. The molecular weight excluding hydrogens is 184 g/mol. The van der Waals surface area contributed by atoms with E-state index in [-0.39, 0.29) is 6.42 Å². The van der Waals surface area contributed by atoms with Crippen molar-refractivity contribution in [2.75, 3.05) is 7.05 Å². The molecule has 84 valence electrons. The second-order valence-electron chi connectivity index (χ2n) is 2.53. The minimum atomic E-state index is -0.852. The van der Waals surface area contributed by atoms with Crippen LogP contribution in [-0.2, 0) is 9.59 Å². The Morgan fingerprint density at radius 1 is 1.43 bits per heavy atom. The minimum Gasteiger partial charge on any atom is -0.481 e. The molecular formula is C9H20N2O3. The van der Waals surface area contributed by atoms with Gasteiger partial charge < -0.3 is 16.2 Å². The normalized spacial score (nSPS) is 11.1. The Morgan fingerprint density at radius 3 is 2.21 bits per heavy atom. The third kappa shape index (κ3) is 8.99. The summed E-state index contributed by atoms with van der Waals surface area (Å²) in [6.07, 6.45) is 1.01. The Balaban J connectivity index is 0. The van der Waals surface area contributed by atoms with Gasteiger partial charge >= 0.3 is 5.97 Å². The predicted molar refractivity (Wildman–Crippen MR) is 54.9 cm³/mol. The number of hydrogen-bond donors (Lipinski definition) is 3. The largest absolute Gasteiger partial charge is 0.481 e. The summed E-state index contributed by atoms with van der Waals surface area (Å²) in [4.78, 5) is 20.7. The lowest BCUT2D eigenvalue weighted by Crippen LogP contribution is -2.39. The molecule has 14 heavy (non-hydrogen) atoms. The molecule has 0 saturated heterocycles. The number of carbonyl (C=O) groups is 2.